The van der Waals surface area contributed by atoms with E-state index in [2.05, 4.69) is 20.8 Å². The summed E-state index contributed by atoms with van der Waals surface area (Å²) in [7, 11) is 0. The van der Waals surface area contributed by atoms with Crippen molar-refractivity contribution in [3.8, 4) is 0 Å². The molecule has 2 atom stereocenters. The predicted octanol–water partition coefficient (Wildman–Crippen LogP) is 1.92. The summed E-state index contributed by atoms with van der Waals surface area (Å²) in [6, 6.07) is 0. The van der Waals surface area contributed by atoms with Gasteiger partial charge in [-0.3, -0.25) is 0 Å². The molecule has 0 amide bonds. The second-order valence-corrected chi connectivity index (χ2v) is 3.42. The van der Waals surface area contributed by atoms with E-state index < -0.39 is 0 Å². The first-order chi connectivity index (χ1) is 4.22. The Hall–Kier alpha value is -0.0400. The maximum atomic E-state index is 5.33. The van der Waals surface area contributed by atoms with Gasteiger partial charge in [-0.15, -0.1) is 0 Å². The van der Waals surface area contributed by atoms with Crippen LogP contribution in [0.2, 0.25) is 0 Å². The molecule has 0 saturated carbocycles. The van der Waals surface area contributed by atoms with E-state index in [9.17, 15) is 0 Å². The van der Waals surface area contributed by atoms with E-state index in [1.807, 2.05) is 0 Å². The van der Waals surface area contributed by atoms with Crippen molar-refractivity contribution >= 4 is 0 Å². The predicted molar refractivity (Wildman–Crippen MR) is 38.3 cm³/mol. The highest BCUT2D eigenvalue weighted by Crippen LogP contribution is 2.26. The smallest absolute Gasteiger partial charge is 0.0500 e. The molecule has 1 fully saturated rings. The Labute approximate surface area is 57.4 Å². The maximum absolute atomic E-state index is 5.33. The van der Waals surface area contributed by atoms with Gasteiger partial charge >= 0.3 is 0 Å². The van der Waals surface area contributed by atoms with Crippen molar-refractivity contribution in [2.75, 3.05) is 13.2 Å². The van der Waals surface area contributed by atoms with E-state index in [0.29, 0.717) is 0 Å². The van der Waals surface area contributed by atoms with E-state index in [4.69, 9.17) is 4.74 Å². The van der Waals surface area contributed by atoms with Crippen LogP contribution in [0.1, 0.15) is 20.8 Å². The molecule has 0 spiro atoms. The van der Waals surface area contributed by atoms with Gasteiger partial charge in [0.2, 0.25) is 0 Å². The zero-order chi connectivity index (χ0) is 6.85. The van der Waals surface area contributed by atoms with Gasteiger partial charge in [-0.2, -0.15) is 0 Å². The lowest BCUT2D eigenvalue weighted by molar-refractivity contribution is 0.175. The summed E-state index contributed by atoms with van der Waals surface area (Å²) in [5, 5.41) is 0. The van der Waals surface area contributed by atoms with Gasteiger partial charge in [0.05, 0.1) is 0 Å². The first kappa shape index (κ1) is 7.07. The lowest BCUT2D eigenvalue weighted by Crippen LogP contribution is -2.14. The van der Waals surface area contributed by atoms with E-state index in [1.165, 1.54) is 0 Å². The second kappa shape index (κ2) is 2.70. The van der Waals surface area contributed by atoms with Crippen molar-refractivity contribution in [3.05, 3.63) is 0 Å². The number of hydrogen-bond donors (Lipinski definition) is 0. The topological polar surface area (TPSA) is 9.23 Å². The molecule has 54 valence electrons. The van der Waals surface area contributed by atoms with Crippen molar-refractivity contribution in [2.24, 2.45) is 17.8 Å². The summed E-state index contributed by atoms with van der Waals surface area (Å²) >= 11 is 0. The molecule has 1 heterocycles. The number of rotatable bonds is 1. The molecule has 1 nitrogen and oxygen atoms in total. The molecular weight excluding hydrogens is 112 g/mol. The molecule has 1 heteroatoms. The van der Waals surface area contributed by atoms with E-state index >= 15 is 0 Å². The first-order valence-electron chi connectivity index (χ1n) is 3.79. The van der Waals surface area contributed by atoms with E-state index in [1.54, 1.807) is 0 Å². The summed E-state index contributed by atoms with van der Waals surface area (Å²) < 4.78 is 5.33. The van der Waals surface area contributed by atoms with Crippen molar-refractivity contribution in [1.29, 1.82) is 0 Å². The molecule has 1 rings (SSSR count). The van der Waals surface area contributed by atoms with Crippen LogP contribution >= 0.6 is 0 Å². The Morgan fingerprint density at radius 3 is 2.22 bits per heavy atom. The molecule has 0 aromatic heterocycles. The van der Waals surface area contributed by atoms with Crippen LogP contribution < -0.4 is 0 Å². The SMILES string of the molecule is CC(C)[C@H]1COC[C@@H]1C. The third kappa shape index (κ3) is 1.45. The third-order valence-corrected chi connectivity index (χ3v) is 2.28. The van der Waals surface area contributed by atoms with Crippen molar-refractivity contribution in [1.82, 2.24) is 0 Å². The molecule has 9 heavy (non-hydrogen) atoms. The lowest BCUT2D eigenvalue weighted by Gasteiger charge is -2.16. The molecule has 0 aromatic rings. The van der Waals surface area contributed by atoms with Crippen LogP contribution in [0.15, 0.2) is 0 Å². The molecule has 0 radical (unpaired) electrons. The average molecular weight is 128 g/mol. The monoisotopic (exact) mass is 128 g/mol. The zero-order valence-corrected chi connectivity index (χ0v) is 6.55. The summed E-state index contributed by atoms with van der Waals surface area (Å²) in [4.78, 5) is 0. The Balaban J connectivity index is 2.40. The number of hydrogen-bond acceptors (Lipinski definition) is 1. The molecule has 1 saturated heterocycles. The van der Waals surface area contributed by atoms with Crippen molar-refractivity contribution in [2.45, 2.75) is 20.8 Å². The second-order valence-electron chi connectivity index (χ2n) is 3.42. The van der Waals surface area contributed by atoms with E-state index in [0.717, 1.165) is 31.0 Å². The minimum absolute atomic E-state index is 0.782. The van der Waals surface area contributed by atoms with Crippen LogP contribution in [0.3, 0.4) is 0 Å². The summed E-state index contributed by atoms with van der Waals surface area (Å²) in [5.41, 5.74) is 0. The fourth-order valence-corrected chi connectivity index (χ4v) is 1.53. The Morgan fingerprint density at radius 1 is 1.33 bits per heavy atom. The van der Waals surface area contributed by atoms with Crippen molar-refractivity contribution < 1.29 is 4.74 Å². The van der Waals surface area contributed by atoms with Gasteiger partial charge < -0.3 is 4.74 Å². The minimum Gasteiger partial charge on any atom is -0.381 e. The van der Waals surface area contributed by atoms with Crippen molar-refractivity contribution in [3.63, 3.8) is 0 Å². The molecule has 0 aliphatic carbocycles. The van der Waals surface area contributed by atoms with Crippen LogP contribution in [0.25, 0.3) is 0 Å². The summed E-state index contributed by atoms with van der Waals surface area (Å²) in [6.07, 6.45) is 0. The highest BCUT2D eigenvalue weighted by atomic mass is 16.5. The Kier molecular flexibility index (Phi) is 2.12. The maximum Gasteiger partial charge on any atom is 0.0500 e. The molecule has 0 bridgehead atoms. The molecule has 0 aromatic carbocycles. The van der Waals surface area contributed by atoms with Gasteiger partial charge in [0.1, 0.15) is 0 Å². The highest BCUT2D eigenvalue weighted by Gasteiger charge is 2.26. The summed E-state index contributed by atoms with van der Waals surface area (Å²) in [5.74, 6) is 2.39. The average Bonchev–Trinajstić information content (AvgIpc) is 2.13. The molecule has 0 unspecified atom stereocenters. The van der Waals surface area contributed by atoms with Crippen LogP contribution in [-0.2, 0) is 4.74 Å². The molecule has 1 aliphatic heterocycles. The van der Waals surface area contributed by atoms with E-state index in [-0.39, 0.29) is 0 Å². The Morgan fingerprint density at radius 2 is 2.00 bits per heavy atom. The molecule has 0 N–H and O–H groups in total. The fourth-order valence-electron chi connectivity index (χ4n) is 1.53. The van der Waals surface area contributed by atoms with Gasteiger partial charge in [0, 0.05) is 13.2 Å². The fraction of sp³-hybridized carbons (Fsp3) is 1.00. The van der Waals surface area contributed by atoms with Gasteiger partial charge in [-0.05, 0) is 17.8 Å². The van der Waals surface area contributed by atoms with Crippen LogP contribution in [0.5, 0.6) is 0 Å². The van der Waals surface area contributed by atoms with Gasteiger partial charge in [-0.1, -0.05) is 20.8 Å². The normalized spacial score (nSPS) is 36.0. The summed E-state index contributed by atoms with van der Waals surface area (Å²) in [6.45, 7) is 8.78. The van der Waals surface area contributed by atoms with Crippen LogP contribution in [0, 0.1) is 17.8 Å². The van der Waals surface area contributed by atoms with Crippen LogP contribution in [-0.4, -0.2) is 13.2 Å². The van der Waals surface area contributed by atoms with Crippen LogP contribution in [0.4, 0.5) is 0 Å². The minimum atomic E-state index is 0.782. The molecular formula is C8H16O. The highest BCUT2D eigenvalue weighted by molar-refractivity contribution is 4.73. The van der Waals surface area contributed by atoms with Gasteiger partial charge in [-0.25, -0.2) is 0 Å². The standard InChI is InChI=1S/C8H16O/c1-6(2)8-5-9-4-7(8)3/h6-8H,4-5H2,1-3H3/t7-,8+/m0/s1. The molecule has 1 aliphatic rings. The zero-order valence-electron chi connectivity index (χ0n) is 6.55. The Bertz CT molecular complexity index is 88.6. The third-order valence-electron chi connectivity index (χ3n) is 2.28. The quantitative estimate of drug-likeness (QED) is 0.524. The van der Waals surface area contributed by atoms with Gasteiger partial charge in [0.15, 0.2) is 0 Å². The largest absolute Gasteiger partial charge is 0.381 e. The lowest BCUT2D eigenvalue weighted by atomic mass is 9.88. The van der Waals surface area contributed by atoms with Gasteiger partial charge in [0.25, 0.3) is 0 Å². The first-order valence-corrected chi connectivity index (χ1v) is 3.79. The number of ether oxygens (including phenoxy) is 1.